The van der Waals surface area contributed by atoms with E-state index in [9.17, 15) is 9.18 Å². The van der Waals surface area contributed by atoms with Gasteiger partial charge in [-0.15, -0.1) is 0 Å². The van der Waals surface area contributed by atoms with E-state index in [1.807, 2.05) is 0 Å². The van der Waals surface area contributed by atoms with Crippen LogP contribution in [0.1, 0.15) is 18.4 Å². The Balaban J connectivity index is 2.32. The second-order valence-corrected chi connectivity index (χ2v) is 3.17. The van der Waals surface area contributed by atoms with Gasteiger partial charge in [0.1, 0.15) is 5.82 Å². The molecule has 0 aliphatic rings. The SMILES string of the molecule is CONC(=O)CCCc1ccccc1F. The zero-order valence-corrected chi connectivity index (χ0v) is 8.63. The highest BCUT2D eigenvalue weighted by Gasteiger charge is 2.03. The molecule has 1 aromatic carbocycles. The van der Waals surface area contributed by atoms with E-state index in [4.69, 9.17) is 0 Å². The maximum atomic E-state index is 13.1. The Hall–Kier alpha value is -1.42. The van der Waals surface area contributed by atoms with Crippen molar-refractivity contribution < 1.29 is 14.0 Å². The highest BCUT2D eigenvalue weighted by atomic mass is 19.1. The van der Waals surface area contributed by atoms with Crippen molar-refractivity contribution in [2.24, 2.45) is 0 Å². The van der Waals surface area contributed by atoms with Gasteiger partial charge in [-0.2, -0.15) is 0 Å². The van der Waals surface area contributed by atoms with Crippen molar-refractivity contribution >= 4 is 5.91 Å². The maximum Gasteiger partial charge on any atom is 0.243 e. The molecule has 1 rings (SSSR count). The van der Waals surface area contributed by atoms with E-state index in [1.54, 1.807) is 18.2 Å². The summed E-state index contributed by atoms with van der Waals surface area (Å²) in [5, 5.41) is 0. The minimum absolute atomic E-state index is 0.186. The Kier molecular flexibility index (Phi) is 4.77. The number of hydroxylamine groups is 1. The molecule has 1 N–H and O–H groups in total. The molecule has 0 heterocycles. The van der Waals surface area contributed by atoms with E-state index in [0.717, 1.165) is 0 Å². The predicted octanol–water partition coefficient (Wildman–Crippen LogP) is 1.83. The van der Waals surface area contributed by atoms with Crippen molar-refractivity contribution in [1.82, 2.24) is 5.48 Å². The quantitative estimate of drug-likeness (QED) is 0.754. The van der Waals surface area contributed by atoms with E-state index < -0.39 is 0 Å². The Morgan fingerprint density at radius 2 is 2.20 bits per heavy atom. The number of hydrogen-bond acceptors (Lipinski definition) is 2. The third-order valence-electron chi connectivity index (χ3n) is 2.02. The molecule has 0 radical (unpaired) electrons. The molecule has 15 heavy (non-hydrogen) atoms. The van der Waals surface area contributed by atoms with Crippen molar-refractivity contribution in [3.8, 4) is 0 Å². The minimum Gasteiger partial charge on any atom is -0.277 e. The number of rotatable bonds is 5. The first kappa shape index (κ1) is 11.7. The fraction of sp³-hybridized carbons (Fsp3) is 0.364. The molecule has 0 saturated heterocycles. The lowest BCUT2D eigenvalue weighted by Gasteiger charge is -2.03. The standard InChI is InChI=1S/C11H14FNO2/c1-15-13-11(14)8-4-6-9-5-2-3-7-10(9)12/h2-3,5,7H,4,6,8H2,1H3,(H,13,14). The van der Waals surface area contributed by atoms with Crippen LogP contribution < -0.4 is 5.48 Å². The summed E-state index contributed by atoms with van der Waals surface area (Å²) in [7, 11) is 1.38. The van der Waals surface area contributed by atoms with Crippen molar-refractivity contribution in [1.29, 1.82) is 0 Å². The first-order chi connectivity index (χ1) is 7.24. The molecule has 0 spiro atoms. The summed E-state index contributed by atoms with van der Waals surface area (Å²) in [6, 6.07) is 6.58. The summed E-state index contributed by atoms with van der Waals surface area (Å²) in [6.45, 7) is 0. The van der Waals surface area contributed by atoms with Crippen LogP contribution in [-0.2, 0) is 16.1 Å². The van der Waals surface area contributed by atoms with Crippen LogP contribution >= 0.6 is 0 Å². The average Bonchev–Trinajstić information content (AvgIpc) is 2.21. The second kappa shape index (κ2) is 6.14. The second-order valence-electron chi connectivity index (χ2n) is 3.17. The maximum absolute atomic E-state index is 13.1. The average molecular weight is 211 g/mol. The molecular weight excluding hydrogens is 197 g/mol. The molecule has 0 atom stereocenters. The van der Waals surface area contributed by atoms with Crippen LogP contribution in [0, 0.1) is 5.82 Å². The van der Waals surface area contributed by atoms with Crippen LogP contribution in [0.25, 0.3) is 0 Å². The number of halogens is 1. The van der Waals surface area contributed by atoms with Crippen molar-refractivity contribution in [2.75, 3.05) is 7.11 Å². The zero-order chi connectivity index (χ0) is 11.1. The number of amides is 1. The third-order valence-corrected chi connectivity index (χ3v) is 2.02. The van der Waals surface area contributed by atoms with Crippen LogP contribution in [0.4, 0.5) is 4.39 Å². The fourth-order valence-electron chi connectivity index (χ4n) is 1.31. The summed E-state index contributed by atoms with van der Waals surface area (Å²) in [5.74, 6) is -0.404. The lowest BCUT2D eigenvalue weighted by molar-refractivity contribution is -0.131. The Morgan fingerprint density at radius 3 is 2.87 bits per heavy atom. The van der Waals surface area contributed by atoms with Gasteiger partial charge in [0.15, 0.2) is 0 Å². The monoisotopic (exact) mass is 211 g/mol. The highest BCUT2D eigenvalue weighted by Crippen LogP contribution is 2.09. The number of benzene rings is 1. The topological polar surface area (TPSA) is 38.3 Å². The smallest absolute Gasteiger partial charge is 0.243 e. The van der Waals surface area contributed by atoms with Crippen LogP contribution in [-0.4, -0.2) is 13.0 Å². The summed E-state index contributed by atoms with van der Waals surface area (Å²) < 4.78 is 13.1. The molecule has 4 heteroatoms. The lowest BCUT2D eigenvalue weighted by atomic mass is 10.1. The van der Waals surface area contributed by atoms with Gasteiger partial charge < -0.3 is 0 Å². The molecule has 0 aliphatic carbocycles. The van der Waals surface area contributed by atoms with Gasteiger partial charge in [-0.3, -0.25) is 9.63 Å². The Morgan fingerprint density at radius 1 is 1.47 bits per heavy atom. The molecule has 0 aliphatic heterocycles. The zero-order valence-electron chi connectivity index (χ0n) is 8.63. The summed E-state index contributed by atoms with van der Waals surface area (Å²) in [6.07, 6.45) is 1.50. The minimum atomic E-state index is -0.218. The molecular formula is C11H14FNO2. The van der Waals surface area contributed by atoms with Crippen LogP contribution in [0.2, 0.25) is 0 Å². The number of carbonyl (C=O) groups excluding carboxylic acids is 1. The summed E-state index contributed by atoms with van der Waals surface area (Å²) in [4.78, 5) is 15.4. The number of hydrogen-bond donors (Lipinski definition) is 1. The van der Waals surface area contributed by atoms with Crippen molar-refractivity contribution in [3.05, 3.63) is 35.6 Å². The molecule has 3 nitrogen and oxygen atoms in total. The largest absolute Gasteiger partial charge is 0.277 e. The van der Waals surface area contributed by atoms with E-state index in [2.05, 4.69) is 10.3 Å². The van der Waals surface area contributed by atoms with E-state index >= 15 is 0 Å². The van der Waals surface area contributed by atoms with E-state index in [0.29, 0.717) is 24.8 Å². The number of nitrogens with one attached hydrogen (secondary N) is 1. The van der Waals surface area contributed by atoms with Crippen molar-refractivity contribution in [3.63, 3.8) is 0 Å². The summed E-state index contributed by atoms with van der Waals surface area (Å²) >= 11 is 0. The predicted molar refractivity (Wildman–Crippen MR) is 54.5 cm³/mol. The van der Waals surface area contributed by atoms with Crippen LogP contribution in [0.5, 0.6) is 0 Å². The molecule has 1 aromatic rings. The molecule has 0 aromatic heterocycles. The third kappa shape index (κ3) is 4.08. The normalized spacial score (nSPS) is 10.0. The van der Waals surface area contributed by atoms with Gasteiger partial charge in [0, 0.05) is 6.42 Å². The number of aryl methyl sites for hydroxylation is 1. The molecule has 0 bridgehead atoms. The van der Waals surface area contributed by atoms with Gasteiger partial charge in [-0.25, -0.2) is 9.87 Å². The van der Waals surface area contributed by atoms with Crippen molar-refractivity contribution in [2.45, 2.75) is 19.3 Å². The van der Waals surface area contributed by atoms with Crippen LogP contribution in [0.15, 0.2) is 24.3 Å². The fourth-order valence-corrected chi connectivity index (χ4v) is 1.31. The van der Waals surface area contributed by atoms with Crippen LogP contribution in [0.3, 0.4) is 0 Å². The molecule has 0 fully saturated rings. The highest BCUT2D eigenvalue weighted by molar-refractivity contribution is 5.74. The first-order valence-corrected chi connectivity index (χ1v) is 4.79. The van der Waals surface area contributed by atoms with Gasteiger partial charge in [0.2, 0.25) is 5.91 Å². The first-order valence-electron chi connectivity index (χ1n) is 4.79. The van der Waals surface area contributed by atoms with E-state index in [1.165, 1.54) is 13.2 Å². The molecule has 0 saturated carbocycles. The summed E-state index contributed by atoms with van der Waals surface area (Å²) in [5.41, 5.74) is 2.86. The Labute approximate surface area is 88.2 Å². The number of carbonyl (C=O) groups is 1. The molecule has 1 amide bonds. The van der Waals surface area contributed by atoms with Gasteiger partial charge >= 0.3 is 0 Å². The Bertz CT molecular complexity index is 328. The van der Waals surface area contributed by atoms with Gasteiger partial charge in [0.05, 0.1) is 7.11 Å². The molecule has 82 valence electrons. The molecule has 0 unspecified atom stereocenters. The van der Waals surface area contributed by atoms with E-state index in [-0.39, 0.29) is 11.7 Å². The van der Waals surface area contributed by atoms with Gasteiger partial charge in [0.25, 0.3) is 0 Å². The van der Waals surface area contributed by atoms with Gasteiger partial charge in [-0.05, 0) is 24.5 Å². The lowest BCUT2D eigenvalue weighted by Crippen LogP contribution is -2.21. The van der Waals surface area contributed by atoms with Gasteiger partial charge in [-0.1, -0.05) is 18.2 Å².